The Labute approximate surface area is 121 Å². The van der Waals surface area contributed by atoms with Gasteiger partial charge >= 0.3 is 0 Å². The number of amides is 1. The van der Waals surface area contributed by atoms with Gasteiger partial charge in [0.25, 0.3) is 0 Å². The summed E-state index contributed by atoms with van der Waals surface area (Å²) in [5, 5.41) is 4.27. The molecule has 21 heavy (non-hydrogen) atoms. The predicted molar refractivity (Wildman–Crippen MR) is 82.5 cm³/mol. The maximum Gasteiger partial charge on any atom is 0.250 e. The number of anilines is 2. The summed E-state index contributed by atoms with van der Waals surface area (Å²) in [6.45, 7) is 2.03. The monoisotopic (exact) mass is 278 g/mol. The van der Waals surface area contributed by atoms with Gasteiger partial charge < -0.3 is 11.1 Å². The lowest BCUT2D eigenvalue weighted by molar-refractivity contribution is 0.1000. The lowest BCUT2D eigenvalue weighted by Gasteiger charge is -2.09. The van der Waals surface area contributed by atoms with Crippen LogP contribution >= 0.6 is 0 Å². The van der Waals surface area contributed by atoms with Crippen LogP contribution in [0.4, 0.5) is 11.5 Å². The van der Waals surface area contributed by atoms with Crippen LogP contribution in [0.25, 0.3) is 10.9 Å². The molecule has 5 heteroatoms. The third kappa shape index (κ3) is 2.67. The Morgan fingerprint density at radius 3 is 2.81 bits per heavy atom. The van der Waals surface area contributed by atoms with Crippen molar-refractivity contribution >= 4 is 28.3 Å². The van der Waals surface area contributed by atoms with Crippen molar-refractivity contribution in [3.05, 3.63) is 59.9 Å². The summed E-state index contributed by atoms with van der Waals surface area (Å²) in [4.78, 5) is 19.7. The van der Waals surface area contributed by atoms with Crippen LogP contribution in [0.15, 0.2) is 48.8 Å². The van der Waals surface area contributed by atoms with Crippen LogP contribution < -0.4 is 11.1 Å². The third-order valence-electron chi connectivity index (χ3n) is 3.22. The Morgan fingerprint density at radius 2 is 2.00 bits per heavy atom. The highest BCUT2D eigenvalue weighted by atomic mass is 16.1. The maximum atomic E-state index is 11.2. The van der Waals surface area contributed by atoms with E-state index < -0.39 is 5.91 Å². The van der Waals surface area contributed by atoms with Crippen molar-refractivity contribution in [2.75, 3.05) is 5.32 Å². The zero-order valence-electron chi connectivity index (χ0n) is 11.5. The molecule has 5 nitrogen and oxygen atoms in total. The number of benzene rings is 1. The van der Waals surface area contributed by atoms with Gasteiger partial charge in [0.05, 0.1) is 23.0 Å². The number of fused-ring (bicyclic) bond motifs is 1. The van der Waals surface area contributed by atoms with Crippen molar-refractivity contribution in [2.45, 2.75) is 6.92 Å². The first-order chi connectivity index (χ1) is 10.1. The molecule has 1 amide bonds. The van der Waals surface area contributed by atoms with Crippen molar-refractivity contribution in [1.82, 2.24) is 9.97 Å². The largest absolute Gasteiger partial charge is 0.366 e. The van der Waals surface area contributed by atoms with Gasteiger partial charge in [0, 0.05) is 11.6 Å². The highest BCUT2D eigenvalue weighted by Crippen LogP contribution is 2.22. The SMILES string of the molecule is Cc1cc(Nc2cncc(C(N)=O)c2)nc2ccccc12. The number of para-hydroxylation sites is 1. The highest BCUT2D eigenvalue weighted by Gasteiger charge is 2.05. The summed E-state index contributed by atoms with van der Waals surface area (Å²) in [6, 6.07) is 11.6. The van der Waals surface area contributed by atoms with Crippen LogP contribution in [0.5, 0.6) is 0 Å². The number of hydrogen-bond acceptors (Lipinski definition) is 4. The number of carbonyl (C=O) groups excluding carboxylic acids is 1. The zero-order valence-corrected chi connectivity index (χ0v) is 11.5. The number of nitrogens with two attached hydrogens (primary N) is 1. The molecule has 0 bridgehead atoms. The minimum absolute atomic E-state index is 0.359. The number of rotatable bonds is 3. The van der Waals surface area contributed by atoms with E-state index in [4.69, 9.17) is 5.73 Å². The van der Waals surface area contributed by atoms with E-state index in [1.807, 2.05) is 37.3 Å². The number of hydrogen-bond donors (Lipinski definition) is 2. The molecule has 0 saturated carbocycles. The minimum atomic E-state index is -0.506. The van der Waals surface area contributed by atoms with Gasteiger partial charge in [-0.3, -0.25) is 9.78 Å². The molecule has 2 aromatic heterocycles. The van der Waals surface area contributed by atoms with Crippen LogP contribution in [0.3, 0.4) is 0 Å². The third-order valence-corrected chi connectivity index (χ3v) is 3.22. The van der Waals surface area contributed by atoms with Gasteiger partial charge in [-0.2, -0.15) is 0 Å². The van der Waals surface area contributed by atoms with E-state index in [2.05, 4.69) is 15.3 Å². The van der Waals surface area contributed by atoms with Crippen molar-refractivity contribution < 1.29 is 4.79 Å². The fourth-order valence-electron chi connectivity index (χ4n) is 2.20. The standard InChI is InChI=1S/C16H14N4O/c1-10-6-15(20-14-5-3-2-4-13(10)14)19-12-7-11(16(17)21)8-18-9-12/h2-9H,1H3,(H2,17,21)(H,19,20). The quantitative estimate of drug-likeness (QED) is 0.772. The van der Waals surface area contributed by atoms with E-state index in [-0.39, 0.29) is 0 Å². The van der Waals surface area contributed by atoms with Gasteiger partial charge in [-0.05, 0) is 30.7 Å². The first-order valence-electron chi connectivity index (χ1n) is 6.52. The first kappa shape index (κ1) is 13.1. The van der Waals surface area contributed by atoms with Crippen molar-refractivity contribution in [3.63, 3.8) is 0 Å². The highest BCUT2D eigenvalue weighted by molar-refractivity contribution is 5.93. The van der Waals surface area contributed by atoms with Gasteiger partial charge in [-0.15, -0.1) is 0 Å². The van der Waals surface area contributed by atoms with Crippen LogP contribution in [-0.4, -0.2) is 15.9 Å². The molecule has 0 saturated heterocycles. The van der Waals surface area contributed by atoms with Crippen molar-refractivity contribution in [1.29, 1.82) is 0 Å². The van der Waals surface area contributed by atoms with Gasteiger partial charge in [0.1, 0.15) is 5.82 Å². The summed E-state index contributed by atoms with van der Waals surface area (Å²) in [5.74, 6) is 0.198. The zero-order chi connectivity index (χ0) is 14.8. The maximum absolute atomic E-state index is 11.2. The normalized spacial score (nSPS) is 10.5. The summed E-state index contributed by atoms with van der Waals surface area (Å²) < 4.78 is 0. The number of pyridine rings is 2. The first-order valence-corrected chi connectivity index (χ1v) is 6.52. The second-order valence-electron chi connectivity index (χ2n) is 4.79. The predicted octanol–water partition coefficient (Wildman–Crippen LogP) is 2.78. The molecule has 3 rings (SSSR count). The molecular formula is C16H14N4O. The number of carbonyl (C=O) groups is 1. The van der Waals surface area contributed by atoms with Crippen LogP contribution in [0, 0.1) is 6.92 Å². The van der Waals surface area contributed by atoms with Crippen molar-refractivity contribution in [3.8, 4) is 0 Å². The van der Waals surface area contributed by atoms with Gasteiger partial charge in [-0.1, -0.05) is 18.2 Å². The summed E-state index contributed by atoms with van der Waals surface area (Å²) in [6.07, 6.45) is 3.06. The van der Waals surface area contributed by atoms with E-state index in [9.17, 15) is 4.79 Å². The molecule has 104 valence electrons. The number of aryl methyl sites for hydroxylation is 1. The fraction of sp³-hybridized carbons (Fsp3) is 0.0625. The molecular weight excluding hydrogens is 264 g/mol. The average Bonchev–Trinajstić information content (AvgIpc) is 2.47. The van der Waals surface area contributed by atoms with Crippen molar-refractivity contribution in [2.24, 2.45) is 5.73 Å². The van der Waals surface area contributed by atoms with Gasteiger partial charge in [0.2, 0.25) is 5.91 Å². The molecule has 0 radical (unpaired) electrons. The number of aromatic nitrogens is 2. The van der Waals surface area contributed by atoms with Crippen LogP contribution in [0.1, 0.15) is 15.9 Å². The van der Waals surface area contributed by atoms with Crippen LogP contribution in [0.2, 0.25) is 0 Å². The van der Waals surface area contributed by atoms with E-state index in [1.54, 1.807) is 12.3 Å². The Morgan fingerprint density at radius 1 is 1.19 bits per heavy atom. The Bertz CT molecular complexity index is 829. The minimum Gasteiger partial charge on any atom is -0.366 e. The Balaban J connectivity index is 1.98. The van der Waals surface area contributed by atoms with Crippen LogP contribution in [-0.2, 0) is 0 Å². The van der Waals surface area contributed by atoms with E-state index in [1.165, 1.54) is 6.20 Å². The van der Waals surface area contributed by atoms with E-state index in [0.717, 1.165) is 16.5 Å². The van der Waals surface area contributed by atoms with Gasteiger partial charge in [0.15, 0.2) is 0 Å². The molecule has 0 aliphatic heterocycles. The molecule has 0 fully saturated rings. The van der Waals surface area contributed by atoms with E-state index in [0.29, 0.717) is 17.1 Å². The molecule has 0 atom stereocenters. The molecule has 3 aromatic rings. The second-order valence-corrected chi connectivity index (χ2v) is 4.79. The number of nitrogens with zero attached hydrogens (tertiary/aromatic N) is 2. The van der Waals surface area contributed by atoms with E-state index >= 15 is 0 Å². The molecule has 3 N–H and O–H groups in total. The number of primary amides is 1. The average molecular weight is 278 g/mol. The lowest BCUT2D eigenvalue weighted by atomic mass is 10.1. The molecule has 0 aliphatic rings. The molecule has 0 aliphatic carbocycles. The number of nitrogens with one attached hydrogen (secondary N) is 1. The second kappa shape index (κ2) is 5.20. The summed E-state index contributed by atoms with van der Waals surface area (Å²) in [5.41, 5.74) is 8.33. The molecule has 0 spiro atoms. The summed E-state index contributed by atoms with van der Waals surface area (Å²) >= 11 is 0. The smallest absolute Gasteiger partial charge is 0.250 e. The fourth-order valence-corrected chi connectivity index (χ4v) is 2.20. The topological polar surface area (TPSA) is 80.9 Å². The Kier molecular flexibility index (Phi) is 3.23. The molecule has 1 aromatic carbocycles. The van der Waals surface area contributed by atoms with Gasteiger partial charge in [-0.25, -0.2) is 4.98 Å². The Hall–Kier alpha value is -2.95. The lowest BCUT2D eigenvalue weighted by Crippen LogP contribution is -2.11. The molecule has 0 unspecified atom stereocenters. The molecule has 2 heterocycles. The summed E-state index contributed by atoms with van der Waals surface area (Å²) in [7, 11) is 0.